The number of rotatable bonds is 5. The van der Waals surface area contributed by atoms with Gasteiger partial charge in [-0.05, 0) is 41.2 Å². The molecule has 0 aliphatic carbocycles. The van der Waals surface area contributed by atoms with Crippen LogP contribution in [0.2, 0.25) is 0 Å². The Hall–Kier alpha value is -0.620. The second kappa shape index (κ2) is 6.35. The first-order valence-corrected chi connectivity index (χ1v) is 6.77. The molecule has 94 valence electrons. The molecule has 17 heavy (non-hydrogen) atoms. The van der Waals surface area contributed by atoms with Gasteiger partial charge in [-0.1, -0.05) is 0 Å². The number of hydrogen-bond donors (Lipinski definition) is 0. The number of halogens is 3. The molecule has 0 radical (unpaired) electrons. The van der Waals surface area contributed by atoms with Gasteiger partial charge in [0, 0.05) is 5.56 Å². The van der Waals surface area contributed by atoms with Crippen molar-refractivity contribution in [1.82, 2.24) is 0 Å². The molecule has 0 N–H and O–H groups in total. The average Bonchev–Trinajstić information content (AvgIpc) is 2.26. The smallest absolute Gasteiger partial charge is 0.272 e. The van der Waals surface area contributed by atoms with Crippen molar-refractivity contribution in [3.8, 4) is 5.75 Å². The van der Waals surface area contributed by atoms with Crippen molar-refractivity contribution in [3.05, 3.63) is 22.2 Å². The number of ketones is 1. The van der Waals surface area contributed by atoms with E-state index in [4.69, 9.17) is 4.74 Å². The van der Waals surface area contributed by atoms with Crippen molar-refractivity contribution < 1.29 is 18.3 Å². The number of alkyl halides is 2. The van der Waals surface area contributed by atoms with Crippen LogP contribution in [-0.4, -0.2) is 25.1 Å². The van der Waals surface area contributed by atoms with Crippen LogP contribution in [0.1, 0.15) is 17.3 Å². The predicted molar refractivity (Wildman–Crippen MR) is 67.4 cm³/mol. The fraction of sp³-hybridized carbons (Fsp3) is 0.364. The number of thioether (sulfide) groups is 1. The first kappa shape index (κ1) is 14.4. The van der Waals surface area contributed by atoms with Gasteiger partial charge in [-0.2, -0.15) is 0 Å². The van der Waals surface area contributed by atoms with Gasteiger partial charge in [0.25, 0.3) is 6.43 Å². The van der Waals surface area contributed by atoms with Crippen LogP contribution in [0.3, 0.4) is 0 Å². The second-order valence-electron chi connectivity index (χ2n) is 3.22. The Labute approximate surface area is 111 Å². The molecule has 2 nitrogen and oxygen atoms in total. The lowest BCUT2D eigenvalue weighted by Crippen LogP contribution is -2.09. The summed E-state index contributed by atoms with van der Waals surface area (Å²) in [7, 11) is 0. The Morgan fingerprint density at radius 3 is 2.65 bits per heavy atom. The Morgan fingerprint density at radius 2 is 2.18 bits per heavy atom. The van der Waals surface area contributed by atoms with E-state index in [1.54, 1.807) is 18.4 Å². The van der Waals surface area contributed by atoms with Crippen LogP contribution in [0, 0.1) is 0 Å². The lowest BCUT2D eigenvalue weighted by Gasteiger charge is -2.14. The highest BCUT2D eigenvalue weighted by molar-refractivity contribution is 9.10. The number of hydrogen-bond acceptors (Lipinski definition) is 3. The van der Waals surface area contributed by atoms with Crippen molar-refractivity contribution in [2.75, 3.05) is 12.9 Å². The Balaban J connectivity index is 3.16. The molecule has 0 amide bonds. The number of ether oxygens (including phenoxy) is 1. The van der Waals surface area contributed by atoms with Gasteiger partial charge in [-0.25, -0.2) is 8.78 Å². The molecule has 0 saturated heterocycles. The molecular formula is C11H11BrF2O2S. The minimum Gasteiger partial charge on any atom is -0.485 e. The zero-order valence-corrected chi connectivity index (χ0v) is 11.7. The van der Waals surface area contributed by atoms with Crippen LogP contribution in [0.15, 0.2) is 21.5 Å². The van der Waals surface area contributed by atoms with Crippen LogP contribution in [0.25, 0.3) is 0 Å². The standard InChI is InChI=1S/C11H11BrF2O2S/c1-6(15)7-3-4-8(12)10(11(7)17-2)16-5-9(13)14/h3-4,9H,5H2,1-2H3. The Kier molecular flexibility index (Phi) is 5.39. The summed E-state index contributed by atoms with van der Waals surface area (Å²) >= 11 is 4.52. The predicted octanol–water partition coefficient (Wildman–Crippen LogP) is 4.02. The fourth-order valence-electron chi connectivity index (χ4n) is 1.30. The maximum absolute atomic E-state index is 12.1. The normalized spacial score (nSPS) is 10.7. The van der Waals surface area contributed by atoms with Crippen molar-refractivity contribution in [1.29, 1.82) is 0 Å². The van der Waals surface area contributed by atoms with E-state index in [-0.39, 0.29) is 5.78 Å². The Morgan fingerprint density at radius 1 is 1.53 bits per heavy atom. The summed E-state index contributed by atoms with van der Waals surface area (Å²) < 4.78 is 29.9. The van der Waals surface area contributed by atoms with E-state index in [9.17, 15) is 13.6 Å². The fourth-order valence-corrected chi connectivity index (χ4v) is 2.66. The van der Waals surface area contributed by atoms with Gasteiger partial charge in [0.05, 0.1) is 9.37 Å². The molecule has 0 unspecified atom stereocenters. The summed E-state index contributed by atoms with van der Waals surface area (Å²) in [4.78, 5) is 12.0. The minimum atomic E-state index is -2.54. The van der Waals surface area contributed by atoms with E-state index in [1.807, 2.05) is 0 Å². The third-order valence-corrected chi connectivity index (χ3v) is 3.44. The number of carbonyl (C=O) groups excluding carboxylic acids is 1. The van der Waals surface area contributed by atoms with Gasteiger partial charge in [0.2, 0.25) is 0 Å². The summed E-state index contributed by atoms with van der Waals surface area (Å²) in [6, 6.07) is 3.27. The van der Waals surface area contributed by atoms with Crippen molar-refractivity contribution >= 4 is 33.5 Å². The van der Waals surface area contributed by atoms with Gasteiger partial charge >= 0.3 is 0 Å². The molecule has 0 heterocycles. The Bertz CT molecular complexity index is 424. The van der Waals surface area contributed by atoms with Crippen LogP contribution in [0.5, 0.6) is 5.75 Å². The molecule has 0 saturated carbocycles. The summed E-state index contributed by atoms with van der Waals surface area (Å²) in [5.74, 6) is 0.175. The van der Waals surface area contributed by atoms with Gasteiger partial charge in [-0.3, -0.25) is 4.79 Å². The summed E-state index contributed by atoms with van der Waals surface area (Å²) in [6.07, 6.45) is -0.777. The van der Waals surface area contributed by atoms with Crippen LogP contribution in [-0.2, 0) is 0 Å². The maximum Gasteiger partial charge on any atom is 0.272 e. The maximum atomic E-state index is 12.1. The number of Topliss-reactive ketones (excluding diaryl/α,β-unsaturated/α-hetero) is 1. The van der Waals surface area contributed by atoms with Crippen LogP contribution in [0.4, 0.5) is 8.78 Å². The van der Waals surface area contributed by atoms with E-state index >= 15 is 0 Å². The summed E-state index contributed by atoms with van der Waals surface area (Å²) in [5.41, 5.74) is 0.477. The SMILES string of the molecule is CSc1c(C(C)=O)ccc(Br)c1OCC(F)F. The van der Waals surface area contributed by atoms with E-state index < -0.39 is 13.0 Å². The van der Waals surface area contributed by atoms with Crippen LogP contribution < -0.4 is 4.74 Å². The molecule has 1 aromatic carbocycles. The molecule has 0 atom stereocenters. The summed E-state index contributed by atoms with van der Waals surface area (Å²) in [6.45, 7) is 0.743. The molecular weight excluding hydrogens is 314 g/mol. The van der Waals surface area contributed by atoms with E-state index in [0.29, 0.717) is 20.7 Å². The van der Waals surface area contributed by atoms with E-state index in [1.165, 1.54) is 18.7 Å². The third kappa shape index (κ3) is 3.67. The largest absolute Gasteiger partial charge is 0.485 e. The quantitative estimate of drug-likeness (QED) is 0.604. The number of carbonyl (C=O) groups is 1. The molecule has 0 aromatic heterocycles. The lowest BCUT2D eigenvalue weighted by atomic mass is 10.1. The van der Waals surface area contributed by atoms with E-state index in [2.05, 4.69) is 15.9 Å². The molecule has 6 heteroatoms. The molecule has 0 fully saturated rings. The van der Waals surface area contributed by atoms with Gasteiger partial charge in [-0.15, -0.1) is 11.8 Å². The van der Waals surface area contributed by atoms with Crippen molar-refractivity contribution in [3.63, 3.8) is 0 Å². The molecule has 0 aliphatic rings. The lowest BCUT2D eigenvalue weighted by molar-refractivity contribution is 0.0800. The van der Waals surface area contributed by atoms with Crippen molar-refractivity contribution in [2.24, 2.45) is 0 Å². The number of benzene rings is 1. The molecule has 1 aromatic rings. The zero-order valence-electron chi connectivity index (χ0n) is 9.30. The molecule has 1 rings (SSSR count). The van der Waals surface area contributed by atoms with Gasteiger partial charge in [0.15, 0.2) is 5.78 Å². The van der Waals surface area contributed by atoms with Gasteiger partial charge in [0.1, 0.15) is 12.4 Å². The average molecular weight is 325 g/mol. The highest BCUT2D eigenvalue weighted by Crippen LogP contribution is 2.38. The highest BCUT2D eigenvalue weighted by Gasteiger charge is 2.17. The summed E-state index contributed by atoms with van der Waals surface area (Å²) in [5, 5.41) is 0. The molecule has 0 bridgehead atoms. The van der Waals surface area contributed by atoms with Crippen LogP contribution >= 0.6 is 27.7 Å². The zero-order chi connectivity index (χ0) is 13.0. The first-order valence-electron chi connectivity index (χ1n) is 4.75. The van der Waals surface area contributed by atoms with Crippen molar-refractivity contribution in [2.45, 2.75) is 18.2 Å². The monoisotopic (exact) mass is 324 g/mol. The second-order valence-corrected chi connectivity index (χ2v) is 4.89. The highest BCUT2D eigenvalue weighted by atomic mass is 79.9. The van der Waals surface area contributed by atoms with E-state index in [0.717, 1.165) is 0 Å². The van der Waals surface area contributed by atoms with Gasteiger partial charge < -0.3 is 4.74 Å². The minimum absolute atomic E-state index is 0.122. The third-order valence-electron chi connectivity index (χ3n) is 2.00. The molecule has 0 aliphatic heterocycles. The first-order chi connectivity index (χ1) is 7.97. The topological polar surface area (TPSA) is 26.3 Å². The molecule has 0 spiro atoms.